The molecule has 0 spiro atoms. The first-order valence-electron chi connectivity index (χ1n) is 6.53. The van der Waals surface area contributed by atoms with E-state index in [0.717, 1.165) is 25.3 Å². The number of rotatable bonds is 4. The average Bonchev–Trinajstić information content (AvgIpc) is 2.69. The number of hydrogen-bond acceptors (Lipinski definition) is 2. The van der Waals surface area contributed by atoms with Crippen LogP contribution >= 0.6 is 0 Å². The van der Waals surface area contributed by atoms with E-state index in [0.29, 0.717) is 0 Å². The Balaban J connectivity index is 2.06. The second-order valence-corrected chi connectivity index (χ2v) is 4.89. The van der Waals surface area contributed by atoms with Crippen molar-refractivity contribution >= 4 is 0 Å². The summed E-state index contributed by atoms with van der Waals surface area (Å²) >= 11 is 0. The molecule has 3 nitrogen and oxygen atoms in total. The molecule has 0 aliphatic heterocycles. The van der Waals surface area contributed by atoms with Gasteiger partial charge in [0, 0.05) is 31.3 Å². The summed E-state index contributed by atoms with van der Waals surface area (Å²) < 4.78 is 2.30. The highest BCUT2D eigenvalue weighted by molar-refractivity contribution is 5.11. The lowest BCUT2D eigenvalue weighted by Gasteiger charge is -2.22. The quantitative estimate of drug-likeness (QED) is 0.848. The van der Waals surface area contributed by atoms with Crippen LogP contribution in [-0.2, 0) is 13.5 Å². The Morgan fingerprint density at radius 2 is 2.12 bits per heavy atom. The van der Waals surface area contributed by atoms with Crippen LogP contribution in [0.25, 0.3) is 0 Å². The summed E-state index contributed by atoms with van der Waals surface area (Å²) in [6.07, 6.45) is 11.0. The number of nitrogens with two attached hydrogens (primary N) is 1. The molecule has 2 rings (SSSR count). The summed E-state index contributed by atoms with van der Waals surface area (Å²) in [6, 6.07) is 0. The lowest BCUT2D eigenvalue weighted by atomic mass is 9.87. The van der Waals surface area contributed by atoms with E-state index < -0.39 is 0 Å². The molecular weight excluding hydrogens is 198 g/mol. The Morgan fingerprint density at radius 1 is 1.38 bits per heavy atom. The van der Waals surface area contributed by atoms with Gasteiger partial charge in [-0.15, -0.1) is 0 Å². The van der Waals surface area contributed by atoms with Gasteiger partial charge in [-0.3, -0.25) is 0 Å². The standard InChI is InChI=1S/C13H23N3/c1-16-12(11-6-3-2-4-7-11)10-15-13(16)8-5-9-14/h10-11H,2-9,14H2,1H3. The number of aryl methyl sites for hydroxylation is 1. The van der Waals surface area contributed by atoms with Gasteiger partial charge in [-0.25, -0.2) is 4.98 Å². The minimum absolute atomic E-state index is 0.748. The third-order valence-corrected chi connectivity index (χ3v) is 3.75. The van der Waals surface area contributed by atoms with E-state index in [4.69, 9.17) is 5.73 Å². The first-order chi connectivity index (χ1) is 7.83. The van der Waals surface area contributed by atoms with Gasteiger partial charge in [0.1, 0.15) is 5.82 Å². The Morgan fingerprint density at radius 3 is 2.81 bits per heavy atom. The van der Waals surface area contributed by atoms with Crippen molar-refractivity contribution in [2.24, 2.45) is 12.8 Å². The van der Waals surface area contributed by atoms with Crippen molar-refractivity contribution in [2.45, 2.75) is 50.9 Å². The van der Waals surface area contributed by atoms with Gasteiger partial charge in [0.05, 0.1) is 0 Å². The SMILES string of the molecule is Cn1c(C2CCCCC2)cnc1CCCN. The minimum Gasteiger partial charge on any atom is -0.335 e. The molecule has 3 heteroatoms. The molecule has 1 saturated carbocycles. The van der Waals surface area contributed by atoms with Crippen LogP contribution in [-0.4, -0.2) is 16.1 Å². The van der Waals surface area contributed by atoms with Crippen LogP contribution in [0, 0.1) is 0 Å². The molecule has 0 unspecified atom stereocenters. The molecule has 1 aliphatic carbocycles. The zero-order valence-corrected chi connectivity index (χ0v) is 10.3. The number of nitrogens with zero attached hydrogens (tertiary/aromatic N) is 2. The minimum atomic E-state index is 0.748. The molecule has 0 bridgehead atoms. The van der Waals surface area contributed by atoms with Gasteiger partial charge < -0.3 is 10.3 Å². The maximum atomic E-state index is 5.54. The van der Waals surface area contributed by atoms with Crippen LogP contribution < -0.4 is 5.73 Å². The fourth-order valence-corrected chi connectivity index (χ4v) is 2.73. The van der Waals surface area contributed by atoms with Crippen molar-refractivity contribution in [3.63, 3.8) is 0 Å². The summed E-state index contributed by atoms with van der Waals surface area (Å²) in [5.74, 6) is 1.95. The van der Waals surface area contributed by atoms with Crippen molar-refractivity contribution < 1.29 is 0 Å². The molecule has 1 fully saturated rings. The van der Waals surface area contributed by atoms with Crippen molar-refractivity contribution in [1.82, 2.24) is 9.55 Å². The average molecular weight is 221 g/mol. The largest absolute Gasteiger partial charge is 0.335 e. The van der Waals surface area contributed by atoms with E-state index >= 15 is 0 Å². The van der Waals surface area contributed by atoms with Gasteiger partial charge in [-0.2, -0.15) is 0 Å². The van der Waals surface area contributed by atoms with E-state index in [9.17, 15) is 0 Å². The third-order valence-electron chi connectivity index (χ3n) is 3.75. The molecule has 1 aromatic rings. The fraction of sp³-hybridized carbons (Fsp3) is 0.769. The Labute approximate surface area is 98.1 Å². The Kier molecular flexibility index (Phi) is 3.99. The summed E-state index contributed by atoms with van der Waals surface area (Å²) in [7, 11) is 2.16. The maximum absolute atomic E-state index is 5.54. The zero-order valence-electron chi connectivity index (χ0n) is 10.3. The summed E-state index contributed by atoms with van der Waals surface area (Å²) in [5.41, 5.74) is 6.98. The van der Waals surface area contributed by atoms with Crippen molar-refractivity contribution in [3.8, 4) is 0 Å². The van der Waals surface area contributed by atoms with Crippen LogP contribution in [0.1, 0.15) is 56.0 Å². The first-order valence-corrected chi connectivity index (χ1v) is 6.53. The van der Waals surface area contributed by atoms with Crippen LogP contribution in [0.3, 0.4) is 0 Å². The molecule has 0 aromatic carbocycles. The van der Waals surface area contributed by atoms with Gasteiger partial charge in [0.25, 0.3) is 0 Å². The molecule has 1 heterocycles. The monoisotopic (exact) mass is 221 g/mol. The van der Waals surface area contributed by atoms with Crippen LogP contribution in [0.2, 0.25) is 0 Å². The molecule has 0 amide bonds. The first kappa shape index (κ1) is 11.6. The van der Waals surface area contributed by atoms with Gasteiger partial charge in [0.15, 0.2) is 0 Å². The van der Waals surface area contributed by atoms with Gasteiger partial charge in [-0.1, -0.05) is 19.3 Å². The Bertz CT molecular complexity index is 324. The highest BCUT2D eigenvalue weighted by atomic mass is 15.1. The molecule has 0 radical (unpaired) electrons. The van der Waals surface area contributed by atoms with Gasteiger partial charge >= 0.3 is 0 Å². The molecular formula is C13H23N3. The smallest absolute Gasteiger partial charge is 0.108 e. The summed E-state index contributed by atoms with van der Waals surface area (Å²) in [4.78, 5) is 4.54. The second kappa shape index (κ2) is 5.48. The van der Waals surface area contributed by atoms with E-state index in [2.05, 4.69) is 22.8 Å². The third kappa shape index (κ3) is 2.46. The zero-order chi connectivity index (χ0) is 11.4. The summed E-state index contributed by atoms with van der Waals surface area (Å²) in [6.45, 7) is 0.756. The lowest BCUT2D eigenvalue weighted by molar-refractivity contribution is 0.428. The molecule has 2 N–H and O–H groups in total. The van der Waals surface area contributed by atoms with E-state index in [1.807, 2.05) is 0 Å². The molecule has 0 saturated heterocycles. The van der Waals surface area contributed by atoms with Crippen LogP contribution in [0.4, 0.5) is 0 Å². The van der Waals surface area contributed by atoms with Crippen molar-refractivity contribution in [1.29, 1.82) is 0 Å². The number of imidazole rings is 1. The van der Waals surface area contributed by atoms with Gasteiger partial charge in [0.2, 0.25) is 0 Å². The van der Waals surface area contributed by atoms with Crippen LogP contribution in [0.5, 0.6) is 0 Å². The topological polar surface area (TPSA) is 43.8 Å². The normalized spacial score (nSPS) is 17.9. The molecule has 1 aliphatic rings. The Hall–Kier alpha value is -0.830. The molecule has 90 valence electrons. The fourth-order valence-electron chi connectivity index (χ4n) is 2.73. The summed E-state index contributed by atoms with van der Waals surface area (Å²) in [5, 5.41) is 0. The van der Waals surface area contributed by atoms with E-state index in [-0.39, 0.29) is 0 Å². The molecule has 1 aromatic heterocycles. The lowest BCUT2D eigenvalue weighted by Crippen LogP contribution is -2.11. The molecule has 16 heavy (non-hydrogen) atoms. The van der Waals surface area contributed by atoms with Crippen molar-refractivity contribution in [3.05, 3.63) is 17.7 Å². The predicted molar refractivity (Wildman–Crippen MR) is 66.4 cm³/mol. The van der Waals surface area contributed by atoms with Gasteiger partial charge in [-0.05, 0) is 25.8 Å². The van der Waals surface area contributed by atoms with Crippen molar-refractivity contribution in [2.75, 3.05) is 6.54 Å². The highest BCUT2D eigenvalue weighted by Gasteiger charge is 2.19. The highest BCUT2D eigenvalue weighted by Crippen LogP contribution is 2.32. The number of hydrogen-bond donors (Lipinski definition) is 1. The van der Waals surface area contributed by atoms with E-state index in [1.54, 1.807) is 0 Å². The predicted octanol–water partition coefficient (Wildman–Crippen LogP) is 2.36. The maximum Gasteiger partial charge on any atom is 0.108 e. The molecule has 0 atom stereocenters. The van der Waals surface area contributed by atoms with E-state index in [1.165, 1.54) is 43.6 Å². The van der Waals surface area contributed by atoms with Crippen LogP contribution in [0.15, 0.2) is 6.20 Å². The number of aromatic nitrogens is 2. The second-order valence-electron chi connectivity index (χ2n) is 4.89.